The highest BCUT2D eigenvalue weighted by Gasteiger charge is 2.30. The maximum Gasteiger partial charge on any atom is 0.220 e. The van der Waals surface area contributed by atoms with Gasteiger partial charge >= 0.3 is 0 Å². The molecule has 2 aromatic heterocycles. The van der Waals surface area contributed by atoms with Crippen molar-refractivity contribution < 1.29 is 4.79 Å². The van der Waals surface area contributed by atoms with Crippen LogP contribution in [0.5, 0.6) is 0 Å². The number of amides is 1. The molecule has 116 valence electrons. The van der Waals surface area contributed by atoms with E-state index in [-0.39, 0.29) is 5.91 Å². The molecule has 0 fully saturated rings. The van der Waals surface area contributed by atoms with E-state index in [0.29, 0.717) is 13.1 Å². The number of para-hydroxylation sites is 1. The van der Waals surface area contributed by atoms with Crippen molar-refractivity contribution in [2.45, 2.75) is 26.9 Å². The average Bonchev–Trinajstić information content (AvgIpc) is 3.22. The Labute approximate surface area is 134 Å². The second-order valence-corrected chi connectivity index (χ2v) is 5.91. The van der Waals surface area contributed by atoms with E-state index in [0.717, 1.165) is 22.8 Å². The predicted molar refractivity (Wildman–Crippen MR) is 87.6 cm³/mol. The van der Waals surface area contributed by atoms with Gasteiger partial charge in [0.25, 0.3) is 0 Å². The van der Waals surface area contributed by atoms with Gasteiger partial charge in [-0.3, -0.25) is 4.79 Å². The molecule has 1 amide bonds. The largest absolute Gasteiger partial charge is 0.332 e. The van der Waals surface area contributed by atoms with E-state index in [9.17, 15) is 4.79 Å². The zero-order valence-electron chi connectivity index (χ0n) is 13.2. The number of hydrogen-bond donors (Lipinski definition) is 0. The third-order valence-electron chi connectivity index (χ3n) is 4.37. The Balaban J connectivity index is 1.91. The van der Waals surface area contributed by atoms with E-state index in [1.807, 2.05) is 46.2 Å². The normalized spacial score (nSPS) is 13.4. The van der Waals surface area contributed by atoms with E-state index in [2.05, 4.69) is 23.6 Å². The number of hydrogen-bond acceptors (Lipinski definition) is 2. The van der Waals surface area contributed by atoms with Gasteiger partial charge in [0.05, 0.1) is 24.5 Å². The highest BCUT2D eigenvalue weighted by atomic mass is 16.2. The molecular formula is C18H18N4O. The standard InChI is InChI=1S/C18H18N4O/c1-13-7-3-4-8-17(13)22-18(20-9-5-6-10-20)15-11-21(14(2)23)12-16(15)19-22/h3-10H,11-12H2,1-2H3. The number of nitrogens with zero attached hydrogens (tertiary/aromatic N) is 4. The first-order valence-electron chi connectivity index (χ1n) is 7.71. The zero-order chi connectivity index (χ0) is 16.0. The molecule has 3 heterocycles. The smallest absolute Gasteiger partial charge is 0.220 e. The summed E-state index contributed by atoms with van der Waals surface area (Å²) in [5.41, 5.74) is 4.34. The molecule has 0 saturated heterocycles. The number of benzene rings is 1. The number of rotatable bonds is 2. The van der Waals surface area contributed by atoms with Gasteiger partial charge in [0.1, 0.15) is 5.82 Å². The molecule has 5 heteroatoms. The van der Waals surface area contributed by atoms with Crippen LogP contribution in [0, 0.1) is 6.92 Å². The Morgan fingerprint density at radius 3 is 2.52 bits per heavy atom. The second kappa shape index (κ2) is 5.12. The maximum atomic E-state index is 11.7. The van der Waals surface area contributed by atoms with Gasteiger partial charge in [-0.25, -0.2) is 4.68 Å². The molecule has 0 saturated carbocycles. The van der Waals surface area contributed by atoms with Crippen molar-refractivity contribution in [3.05, 3.63) is 65.6 Å². The number of aryl methyl sites for hydroxylation is 1. The summed E-state index contributed by atoms with van der Waals surface area (Å²) in [5.74, 6) is 1.10. The van der Waals surface area contributed by atoms with Gasteiger partial charge in [-0.2, -0.15) is 5.10 Å². The number of fused-ring (bicyclic) bond motifs is 1. The summed E-state index contributed by atoms with van der Waals surface area (Å²) < 4.78 is 4.07. The van der Waals surface area contributed by atoms with Crippen LogP contribution < -0.4 is 0 Å². The molecular weight excluding hydrogens is 288 g/mol. The first-order chi connectivity index (χ1) is 11.1. The monoisotopic (exact) mass is 306 g/mol. The fourth-order valence-corrected chi connectivity index (χ4v) is 3.13. The van der Waals surface area contributed by atoms with Crippen LogP contribution in [0.3, 0.4) is 0 Å². The van der Waals surface area contributed by atoms with Crippen LogP contribution in [0.1, 0.15) is 23.7 Å². The molecule has 1 aliphatic heterocycles. The van der Waals surface area contributed by atoms with Gasteiger partial charge in [0, 0.05) is 24.9 Å². The molecule has 23 heavy (non-hydrogen) atoms. The first kappa shape index (κ1) is 13.8. The summed E-state index contributed by atoms with van der Waals surface area (Å²) >= 11 is 0. The molecule has 0 radical (unpaired) electrons. The van der Waals surface area contributed by atoms with Crippen molar-refractivity contribution in [3.63, 3.8) is 0 Å². The van der Waals surface area contributed by atoms with Crippen LogP contribution in [-0.2, 0) is 17.9 Å². The van der Waals surface area contributed by atoms with E-state index >= 15 is 0 Å². The van der Waals surface area contributed by atoms with E-state index in [1.54, 1.807) is 6.92 Å². The van der Waals surface area contributed by atoms with Crippen LogP contribution >= 0.6 is 0 Å². The summed E-state index contributed by atoms with van der Waals surface area (Å²) in [6.45, 7) is 4.89. The molecule has 0 spiro atoms. The fourth-order valence-electron chi connectivity index (χ4n) is 3.13. The highest BCUT2D eigenvalue weighted by Crippen LogP contribution is 2.31. The van der Waals surface area contributed by atoms with Gasteiger partial charge in [0.2, 0.25) is 5.91 Å². The minimum Gasteiger partial charge on any atom is -0.332 e. The minimum atomic E-state index is 0.0869. The van der Waals surface area contributed by atoms with Crippen molar-refractivity contribution in [2.24, 2.45) is 0 Å². The SMILES string of the molecule is CC(=O)N1Cc2nn(-c3ccccc3C)c(-n3cccc3)c2C1. The molecule has 0 unspecified atom stereocenters. The Morgan fingerprint density at radius 1 is 1.09 bits per heavy atom. The van der Waals surface area contributed by atoms with Gasteiger partial charge in [0.15, 0.2) is 0 Å². The number of carbonyl (C=O) groups is 1. The van der Waals surface area contributed by atoms with E-state index in [1.165, 1.54) is 5.56 Å². The minimum absolute atomic E-state index is 0.0869. The molecule has 3 aromatic rings. The maximum absolute atomic E-state index is 11.7. The topological polar surface area (TPSA) is 43.1 Å². The molecule has 0 N–H and O–H groups in total. The first-order valence-corrected chi connectivity index (χ1v) is 7.71. The summed E-state index contributed by atoms with van der Waals surface area (Å²) in [7, 11) is 0. The summed E-state index contributed by atoms with van der Waals surface area (Å²) in [6, 6.07) is 12.2. The summed E-state index contributed by atoms with van der Waals surface area (Å²) in [5, 5.41) is 4.81. The van der Waals surface area contributed by atoms with Crippen molar-refractivity contribution in [2.75, 3.05) is 0 Å². The average molecular weight is 306 g/mol. The zero-order valence-corrected chi connectivity index (χ0v) is 13.2. The van der Waals surface area contributed by atoms with Gasteiger partial charge in [-0.05, 0) is 30.7 Å². The lowest BCUT2D eigenvalue weighted by molar-refractivity contribution is -0.129. The molecule has 0 atom stereocenters. The van der Waals surface area contributed by atoms with Crippen LogP contribution in [0.4, 0.5) is 0 Å². The molecule has 5 nitrogen and oxygen atoms in total. The van der Waals surface area contributed by atoms with Gasteiger partial charge in [-0.1, -0.05) is 18.2 Å². The molecule has 4 rings (SSSR count). The lowest BCUT2D eigenvalue weighted by Crippen LogP contribution is -2.23. The van der Waals surface area contributed by atoms with Crippen molar-refractivity contribution in [1.82, 2.24) is 19.2 Å². The number of carbonyl (C=O) groups excluding carboxylic acids is 1. The van der Waals surface area contributed by atoms with Crippen LogP contribution in [0.15, 0.2) is 48.8 Å². The lowest BCUT2D eigenvalue weighted by atomic mass is 10.2. The third-order valence-corrected chi connectivity index (χ3v) is 4.37. The van der Waals surface area contributed by atoms with Crippen LogP contribution in [0.2, 0.25) is 0 Å². The molecule has 0 aliphatic carbocycles. The second-order valence-electron chi connectivity index (χ2n) is 5.91. The Kier molecular flexibility index (Phi) is 3.08. The molecule has 1 aromatic carbocycles. The Bertz CT molecular complexity index is 877. The van der Waals surface area contributed by atoms with Crippen LogP contribution in [0.25, 0.3) is 11.5 Å². The van der Waals surface area contributed by atoms with Crippen molar-refractivity contribution in [3.8, 4) is 11.5 Å². The fraction of sp³-hybridized carbons (Fsp3) is 0.222. The molecule has 1 aliphatic rings. The quantitative estimate of drug-likeness (QED) is 0.730. The summed E-state index contributed by atoms with van der Waals surface area (Å²) in [6.07, 6.45) is 4.03. The Hall–Kier alpha value is -2.82. The van der Waals surface area contributed by atoms with Gasteiger partial charge < -0.3 is 9.47 Å². The lowest BCUT2D eigenvalue weighted by Gasteiger charge is -2.16. The number of aromatic nitrogens is 3. The highest BCUT2D eigenvalue weighted by molar-refractivity contribution is 5.74. The van der Waals surface area contributed by atoms with E-state index < -0.39 is 0 Å². The van der Waals surface area contributed by atoms with Crippen molar-refractivity contribution in [1.29, 1.82) is 0 Å². The van der Waals surface area contributed by atoms with Crippen LogP contribution in [-0.4, -0.2) is 25.2 Å². The Morgan fingerprint density at radius 2 is 1.83 bits per heavy atom. The summed E-state index contributed by atoms with van der Waals surface area (Å²) in [4.78, 5) is 13.5. The van der Waals surface area contributed by atoms with Gasteiger partial charge in [-0.15, -0.1) is 0 Å². The predicted octanol–water partition coefficient (Wildman–Crippen LogP) is 2.83. The van der Waals surface area contributed by atoms with E-state index in [4.69, 9.17) is 5.10 Å². The third kappa shape index (κ3) is 2.16. The molecule has 0 bridgehead atoms. The van der Waals surface area contributed by atoms with Crippen molar-refractivity contribution >= 4 is 5.91 Å².